The molecule has 0 aliphatic carbocycles. The van der Waals surface area contributed by atoms with Crippen LogP contribution in [-0.2, 0) is 21.5 Å². The summed E-state index contributed by atoms with van der Waals surface area (Å²) in [6, 6.07) is 7.25. The average molecular weight is 257 g/mol. The van der Waals surface area contributed by atoms with Crippen molar-refractivity contribution in [2.24, 2.45) is 0 Å². The van der Waals surface area contributed by atoms with Gasteiger partial charge in [0.2, 0.25) is 11.8 Å². The molecule has 0 saturated carbocycles. The van der Waals surface area contributed by atoms with Crippen LogP contribution in [0.15, 0.2) is 18.2 Å². The largest absolute Gasteiger partial charge is 0.351 e. The number of benzene rings is 1. The molecular weight excluding hydrogens is 242 g/mol. The number of hydrogen-bond donors (Lipinski definition) is 2. The zero-order valence-electron chi connectivity index (χ0n) is 10.9. The van der Waals surface area contributed by atoms with E-state index in [0.29, 0.717) is 12.2 Å². The number of carbonyl (C=O) groups excluding carboxylic acids is 2. The first-order valence-electron chi connectivity index (χ1n) is 6.03. The number of nitriles is 1. The third-order valence-corrected chi connectivity index (χ3v) is 3.31. The van der Waals surface area contributed by atoms with Crippen molar-refractivity contribution in [1.82, 2.24) is 5.32 Å². The van der Waals surface area contributed by atoms with Gasteiger partial charge in [0.15, 0.2) is 0 Å². The lowest BCUT2D eigenvalue weighted by Crippen LogP contribution is -2.44. The molecule has 5 heteroatoms. The van der Waals surface area contributed by atoms with Crippen molar-refractivity contribution < 1.29 is 9.59 Å². The highest BCUT2D eigenvalue weighted by Gasteiger charge is 2.35. The molecule has 0 bridgehead atoms. The predicted octanol–water partition coefficient (Wildman–Crippen LogP) is 1.45. The molecule has 1 heterocycles. The molecule has 2 rings (SSSR count). The number of amides is 2. The van der Waals surface area contributed by atoms with Crippen LogP contribution in [0, 0.1) is 11.3 Å². The van der Waals surface area contributed by atoms with Crippen LogP contribution in [0.25, 0.3) is 0 Å². The highest BCUT2D eigenvalue weighted by atomic mass is 16.2. The summed E-state index contributed by atoms with van der Waals surface area (Å²) < 4.78 is 0. The Hall–Kier alpha value is -2.35. The van der Waals surface area contributed by atoms with Crippen LogP contribution in [0.2, 0.25) is 0 Å². The first-order chi connectivity index (χ1) is 8.95. The van der Waals surface area contributed by atoms with E-state index in [1.807, 2.05) is 26.0 Å². The molecule has 5 nitrogen and oxygen atoms in total. The molecule has 1 aromatic carbocycles. The van der Waals surface area contributed by atoms with Crippen molar-refractivity contribution in [1.29, 1.82) is 5.26 Å². The highest BCUT2D eigenvalue weighted by molar-refractivity contribution is 5.93. The molecule has 2 amide bonds. The second-order valence-electron chi connectivity index (χ2n) is 5.06. The lowest BCUT2D eigenvalue weighted by Gasteiger charge is -2.32. The lowest BCUT2D eigenvalue weighted by atomic mass is 9.78. The molecule has 0 spiro atoms. The van der Waals surface area contributed by atoms with Crippen molar-refractivity contribution in [3.8, 4) is 6.07 Å². The minimum Gasteiger partial charge on any atom is -0.351 e. The van der Waals surface area contributed by atoms with Crippen LogP contribution in [0.4, 0.5) is 5.69 Å². The lowest BCUT2D eigenvalue weighted by molar-refractivity contribution is -0.126. The van der Waals surface area contributed by atoms with Crippen molar-refractivity contribution in [2.45, 2.75) is 32.2 Å². The Morgan fingerprint density at radius 2 is 2.26 bits per heavy atom. The van der Waals surface area contributed by atoms with Crippen LogP contribution in [0.5, 0.6) is 0 Å². The Morgan fingerprint density at radius 3 is 2.95 bits per heavy atom. The summed E-state index contributed by atoms with van der Waals surface area (Å²) in [5, 5.41) is 13.9. The standard InChI is InChI=1S/C14H15N3O2/c1-14(2)11-4-3-10(17-12(18)5-6-15)7-9(11)8-16-13(14)19/h3-4,7H,5,8H2,1-2H3,(H,16,19)(H,17,18). The molecule has 0 unspecified atom stereocenters. The van der Waals surface area contributed by atoms with E-state index in [0.717, 1.165) is 11.1 Å². The first-order valence-corrected chi connectivity index (χ1v) is 6.03. The Morgan fingerprint density at radius 1 is 1.53 bits per heavy atom. The van der Waals surface area contributed by atoms with E-state index < -0.39 is 5.41 Å². The van der Waals surface area contributed by atoms with Crippen molar-refractivity contribution in [3.05, 3.63) is 29.3 Å². The van der Waals surface area contributed by atoms with Crippen LogP contribution in [-0.4, -0.2) is 11.8 Å². The summed E-state index contributed by atoms with van der Waals surface area (Å²) in [5.41, 5.74) is 2.03. The maximum atomic E-state index is 11.8. The van der Waals surface area contributed by atoms with Gasteiger partial charge in [-0.05, 0) is 37.1 Å². The number of rotatable bonds is 2. The van der Waals surface area contributed by atoms with E-state index in [1.54, 1.807) is 12.1 Å². The van der Waals surface area contributed by atoms with E-state index in [-0.39, 0.29) is 18.2 Å². The molecular formula is C14H15N3O2. The zero-order valence-corrected chi connectivity index (χ0v) is 10.9. The minimum absolute atomic E-state index is 0.00117. The van der Waals surface area contributed by atoms with E-state index in [1.165, 1.54) is 0 Å². The molecule has 0 saturated heterocycles. The fourth-order valence-corrected chi connectivity index (χ4v) is 2.22. The number of carbonyl (C=O) groups is 2. The molecule has 0 radical (unpaired) electrons. The average Bonchev–Trinajstić information content (AvgIpc) is 2.34. The molecule has 98 valence electrons. The van der Waals surface area contributed by atoms with Gasteiger partial charge in [0.25, 0.3) is 0 Å². The summed E-state index contributed by atoms with van der Waals surface area (Å²) >= 11 is 0. The van der Waals surface area contributed by atoms with E-state index in [4.69, 9.17) is 5.26 Å². The van der Waals surface area contributed by atoms with E-state index in [9.17, 15) is 9.59 Å². The number of nitrogens with one attached hydrogen (secondary N) is 2. The van der Waals surface area contributed by atoms with Crippen LogP contribution < -0.4 is 10.6 Å². The van der Waals surface area contributed by atoms with Gasteiger partial charge in [-0.1, -0.05) is 6.07 Å². The molecule has 0 fully saturated rings. The topological polar surface area (TPSA) is 82.0 Å². The van der Waals surface area contributed by atoms with Crippen LogP contribution >= 0.6 is 0 Å². The van der Waals surface area contributed by atoms with Crippen molar-refractivity contribution in [2.75, 3.05) is 5.32 Å². The number of hydrogen-bond acceptors (Lipinski definition) is 3. The van der Waals surface area contributed by atoms with E-state index in [2.05, 4.69) is 10.6 Å². The maximum Gasteiger partial charge on any atom is 0.238 e. The van der Waals surface area contributed by atoms with Crippen molar-refractivity contribution >= 4 is 17.5 Å². The fourth-order valence-electron chi connectivity index (χ4n) is 2.22. The molecule has 1 aliphatic rings. The zero-order chi connectivity index (χ0) is 14.0. The Balaban J connectivity index is 2.29. The van der Waals surface area contributed by atoms with Crippen LogP contribution in [0.1, 0.15) is 31.4 Å². The summed E-state index contributed by atoms with van der Waals surface area (Å²) in [6.45, 7) is 4.20. The van der Waals surface area contributed by atoms with Gasteiger partial charge in [-0.25, -0.2) is 0 Å². The van der Waals surface area contributed by atoms with E-state index >= 15 is 0 Å². The van der Waals surface area contributed by atoms with Gasteiger partial charge in [-0.15, -0.1) is 0 Å². The second kappa shape index (κ2) is 4.73. The maximum absolute atomic E-state index is 11.8. The molecule has 0 aromatic heterocycles. The smallest absolute Gasteiger partial charge is 0.238 e. The third kappa shape index (κ3) is 2.43. The molecule has 19 heavy (non-hydrogen) atoms. The summed E-state index contributed by atoms with van der Waals surface area (Å²) in [6.07, 6.45) is -0.167. The van der Waals surface area contributed by atoms with Gasteiger partial charge >= 0.3 is 0 Å². The third-order valence-electron chi connectivity index (χ3n) is 3.31. The van der Waals surface area contributed by atoms with Gasteiger partial charge in [0.05, 0.1) is 11.5 Å². The summed E-state index contributed by atoms with van der Waals surface area (Å²) in [5.74, 6) is -0.331. The van der Waals surface area contributed by atoms with Crippen molar-refractivity contribution in [3.63, 3.8) is 0 Å². The minimum atomic E-state index is -0.567. The SMILES string of the molecule is CC1(C)C(=O)NCc2cc(NC(=O)CC#N)ccc21. The monoisotopic (exact) mass is 257 g/mol. The van der Waals surface area contributed by atoms with Gasteiger partial charge in [0, 0.05) is 12.2 Å². The second-order valence-corrected chi connectivity index (χ2v) is 5.06. The summed E-state index contributed by atoms with van der Waals surface area (Å²) in [4.78, 5) is 23.2. The number of nitrogens with zero attached hydrogens (tertiary/aromatic N) is 1. The molecule has 1 aromatic rings. The molecule has 0 atom stereocenters. The molecule has 2 N–H and O–H groups in total. The Bertz CT molecular complexity index is 585. The highest BCUT2D eigenvalue weighted by Crippen LogP contribution is 2.32. The quantitative estimate of drug-likeness (QED) is 0.841. The number of anilines is 1. The summed E-state index contributed by atoms with van der Waals surface area (Å²) in [7, 11) is 0. The Labute approximate surface area is 111 Å². The Kier molecular flexibility index (Phi) is 3.26. The fraction of sp³-hybridized carbons (Fsp3) is 0.357. The first kappa shape index (κ1) is 13.1. The van der Waals surface area contributed by atoms with Gasteiger partial charge in [-0.2, -0.15) is 5.26 Å². The normalized spacial score (nSPS) is 15.9. The van der Waals surface area contributed by atoms with Gasteiger partial charge in [0.1, 0.15) is 6.42 Å². The predicted molar refractivity (Wildman–Crippen MR) is 70.2 cm³/mol. The number of fused-ring (bicyclic) bond motifs is 1. The van der Waals surface area contributed by atoms with Gasteiger partial charge < -0.3 is 10.6 Å². The van der Waals surface area contributed by atoms with Gasteiger partial charge in [-0.3, -0.25) is 9.59 Å². The molecule has 1 aliphatic heterocycles. The van der Waals surface area contributed by atoms with Crippen LogP contribution in [0.3, 0.4) is 0 Å².